The number of alkyl halides is 3. The van der Waals surface area contributed by atoms with Gasteiger partial charge in [0.15, 0.2) is 17.2 Å². The van der Waals surface area contributed by atoms with Crippen molar-refractivity contribution in [1.29, 1.82) is 0 Å². The van der Waals surface area contributed by atoms with Gasteiger partial charge in [0.25, 0.3) is 5.56 Å². The van der Waals surface area contributed by atoms with E-state index in [0.29, 0.717) is 13.2 Å². The number of rotatable bonds is 7. The summed E-state index contributed by atoms with van der Waals surface area (Å²) < 4.78 is 86.4. The van der Waals surface area contributed by atoms with Crippen LogP contribution in [0.5, 0.6) is 5.75 Å². The minimum atomic E-state index is -4.80. The first-order valence-electron chi connectivity index (χ1n) is 10.9. The number of methoxy groups -OCH3 is 2. The van der Waals surface area contributed by atoms with Crippen LogP contribution < -0.4 is 15.2 Å². The van der Waals surface area contributed by atoms with Gasteiger partial charge in [-0.05, 0) is 19.9 Å². The Hall–Kier alpha value is -2.73. The van der Waals surface area contributed by atoms with Crippen molar-refractivity contribution in [3.63, 3.8) is 0 Å². The number of anilines is 1. The normalized spacial score (nSPS) is 24.6. The zero-order chi connectivity index (χ0) is 26.3. The number of hydrogen-bond acceptors (Lipinski definition) is 6. The molecule has 0 aliphatic carbocycles. The molecule has 1 aromatic heterocycles. The first-order valence-corrected chi connectivity index (χ1v) is 10.9. The monoisotopic (exact) mass is 505 g/mol. The smallest absolute Gasteiger partial charge is 0.417 e. The highest BCUT2D eigenvalue weighted by atomic mass is 19.4. The van der Waals surface area contributed by atoms with Crippen molar-refractivity contribution in [2.75, 3.05) is 39.3 Å². The van der Waals surface area contributed by atoms with E-state index in [1.54, 1.807) is 18.9 Å². The predicted octanol–water partition coefficient (Wildman–Crippen LogP) is 4.26. The predicted molar refractivity (Wildman–Crippen MR) is 118 cm³/mol. The van der Waals surface area contributed by atoms with E-state index in [9.17, 15) is 26.7 Å². The second kappa shape index (κ2) is 9.73. The van der Waals surface area contributed by atoms with E-state index in [1.807, 2.05) is 0 Å². The molecular formula is C23H28F5N3O4. The van der Waals surface area contributed by atoms with Gasteiger partial charge < -0.3 is 24.1 Å². The molecule has 0 unspecified atom stereocenters. The molecule has 12 heteroatoms. The maximum Gasteiger partial charge on any atom is 0.417 e. The van der Waals surface area contributed by atoms with Gasteiger partial charge in [0.05, 0.1) is 19.4 Å². The highest BCUT2D eigenvalue weighted by Gasteiger charge is 2.65. The Morgan fingerprint density at radius 3 is 2.46 bits per heavy atom. The fourth-order valence-electron chi connectivity index (χ4n) is 4.58. The van der Waals surface area contributed by atoms with Crippen LogP contribution >= 0.6 is 0 Å². The summed E-state index contributed by atoms with van der Waals surface area (Å²) in [7, 11) is 4.26. The number of likely N-dealkylation sites (N-methyl/N-ethyl adjacent to an activating group) is 1. The third-order valence-electron chi connectivity index (χ3n) is 6.68. The molecule has 1 aliphatic rings. The molecule has 0 spiro atoms. The van der Waals surface area contributed by atoms with Crippen LogP contribution in [0.3, 0.4) is 0 Å². The van der Waals surface area contributed by atoms with Crippen LogP contribution in [0.4, 0.5) is 27.6 Å². The molecule has 0 amide bonds. The van der Waals surface area contributed by atoms with E-state index in [2.05, 4.69) is 9.97 Å². The van der Waals surface area contributed by atoms with Crippen LogP contribution in [0.15, 0.2) is 16.9 Å². The highest BCUT2D eigenvalue weighted by Crippen LogP contribution is 2.59. The van der Waals surface area contributed by atoms with Crippen LogP contribution in [-0.2, 0) is 9.47 Å². The van der Waals surface area contributed by atoms with Gasteiger partial charge in [-0.25, -0.2) is 9.37 Å². The Morgan fingerprint density at radius 2 is 1.91 bits per heavy atom. The average molecular weight is 505 g/mol. The third-order valence-corrected chi connectivity index (χ3v) is 6.68. The number of hydrogen-bond donors (Lipinski definition) is 1. The Labute approximate surface area is 199 Å². The van der Waals surface area contributed by atoms with Gasteiger partial charge in [-0.2, -0.15) is 17.6 Å². The van der Waals surface area contributed by atoms with Crippen LogP contribution in [0.2, 0.25) is 0 Å². The largest absolute Gasteiger partial charge is 0.493 e. The topological polar surface area (TPSA) is 76.7 Å². The summed E-state index contributed by atoms with van der Waals surface area (Å²) in [5.41, 5.74) is -2.80. The van der Waals surface area contributed by atoms with Gasteiger partial charge in [-0.3, -0.25) is 4.79 Å². The molecule has 35 heavy (non-hydrogen) atoms. The average Bonchev–Trinajstić information content (AvgIpc) is 3.05. The molecule has 7 nitrogen and oxygen atoms in total. The van der Waals surface area contributed by atoms with Crippen molar-refractivity contribution in [3.8, 4) is 5.75 Å². The second-order valence-corrected chi connectivity index (χ2v) is 8.74. The number of benzene rings is 1. The second-order valence-electron chi connectivity index (χ2n) is 8.74. The highest BCUT2D eigenvalue weighted by molar-refractivity contribution is 5.48. The van der Waals surface area contributed by atoms with Crippen molar-refractivity contribution < 1.29 is 36.2 Å². The van der Waals surface area contributed by atoms with E-state index in [0.717, 1.165) is 26.2 Å². The summed E-state index contributed by atoms with van der Waals surface area (Å²) in [4.78, 5) is 21.4. The van der Waals surface area contributed by atoms with E-state index in [1.165, 1.54) is 14.0 Å². The number of nitrogens with one attached hydrogen (secondary N) is 1. The molecule has 1 aromatic carbocycles. The Balaban J connectivity index is 2.19. The van der Waals surface area contributed by atoms with Crippen molar-refractivity contribution >= 4 is 5.69 Å². The molecule has 194 valence electrons. The summed E-state index contributed by atoms with van der Waals surface area (Å²) in [5, 5.41) is 0. The Morgan fingerprint density at radius 1 is 1.26 bits per heavy atom. The van der Waals surface area contributed by atoms with Gasteiger partial charge >= 0.3 is 6.18 Å². The zero-order valence-corrected chi connectivity index (χ0v) is 20.2. The first kappa shape index (κ1) is 26.9. The molecule has 1 fully saturated rings. The standard InChI is InChI=1S/C23H28F5N3O4/c1-11-15(13-7-8-14(24)16(25)18(13)34-6)19(35-22(11,3)23(26,27)28)20-29-12(2)17(21(32)30-20)31(4)9-10-33-5/h7-8,11,15,19H,9-10H2,1-6H3,(H,29,30,32)/t11-,15-,19+,22+/m0/s1. The molecule has 0 saturated carbocycles. The number of aromatic amines is 1. The lowest BCUT2D eigenvalue weighted by atomic mass is 9.77. The molecule has 1 saturated heterocycles. The summed E-state index contributed by atoms with van der Waals surface area (Å²) in [5.74, 6) is -5.68. The molecule has 2 aromatic rings. The van der Waals surface area contributed by atoms with Crippen molar-refractivity contribution in [2.45, 2.75) is 44.6 Å². The molecular weight excluding hydrogens is 477 g/mol. The summed E-state index contributed by atoms with van der Waals surface area (Å²) in [6, 6.07) is 1.98. The van der Waals surface area contributed by atoms with E-state index < -0.39 is 52.7 Å². The molecule has 4 atom stereocenters. The van der Waals surface area contributed by atoms with Gasteiger partial charge in [0, 0.05) is 38.1 Å². The first-order chi connectivity index (χ1) is 16.3. The minimum Gasteiger partial charge on any atom is -0.493 e. The van der Waals surface area contributed by atoms with Crippen molar-refractivity contribution in [1.82, 2.24) is 9.97 Å². The molecule has 2 heterocycles. The molecule has 1 N–H and O–H groups in total. The number of aryl methyl sites for hydroxylation is 1. The Kier molecular flexibility index (Phi) is 7.47. The minimum absolute atomic E-state index is 0.0292. The van der Waals surface area contributed by atoms with Crippen LogP contribution in [0, 0.1) is 24.5 Å². The molecule has 3 rings (SSSR count). The quantitative estimate of drug-likeness (QED) is 0.567. The summed E-state index contributed by atoms with van der Waals surface area (Å²) in [6.07, 6.45) is -6.24. The van der Waals surface area contributed by atoms with Gasteiger partial charge in [0.1, 0.15) is 17.6 Å². The summed E-state index contributed by atoms with van der Waals surface area (Å²) in [6.45, 7) is 4.44. The fourth-order valence-corrected chi connectivity index (χ4v) is 4.58. The third kappa shape index (κ3) is 4.61. The lowest BCUT2D eigenvalue weighted by molar-refractivity contribution is -0.275. The van der Waals surface area contributed by atoms with Gasteiger partial charge in [0.2, 0.25) is 5.82 Å². The summed E-state index contributed by atoms with van der Waals surface area (Å²) >= 11 is 0. The van der Waals surface area contributed by atoms with E-state index in [-0.39, 0.29) is 22.8 Å². The van der Waals surface area contributed by atoms with Crippen molar-refractivity contribution in [3.05, 3.63) is 51.2 Å². The zero-order valence-electron chi connectivity index (χ0n) is 20.2. The number of ether oxygens (including phenoxy) is 3. The number of H-pyrrole nitrogens is 1. The maximum absolute atomic E-state index is 14.5. The Bertz CT molecular complexity index is 1140. The van der Waals surface area contributed by atoms with Crippen LogP contribution in [0.1, 0.15) is 43.0 Å². The van der Waals surface area contributed by atoms with Gasteiger partial charge in [-0.15, -0.1) is 0 Å². The van der Waals surface area contributed by atoms with Gasteiger partial charge in [-0.1, -0.05) is 13.0 Å². The lowest BCUT2D eigenvalue weighted by Gasteiger charge is -2.32. The maximum atomic E-state index is 14.5. The van der Waals surface area contributed by atoms with E-state index >= 15 is 0 Å². The fraction of sp³-hybridized carbons (Fsp3) is 0.565. The molecule has 0 radical (unpaired) electrons. The molecule has 0 bridgehead atoms. The van der Waals surface area contributed by atoms with E-state index in [4.69, 9.17) is 14.2 Å². The number of aromatic nitrogens is 2. The molecule has 1 aliphatic heterocycles. The van der Waals surface area contributed by atoms with Crippen molar-refractivity contribution in [2.24, 2.45) is 5.92 Å². The van der Waals surface area contributed by atoms with Crippen LogP contribution in [-0.4, -0.2) is 56.2 Å². The number of nitrogens with zero attached hydrogens (tertiary/aromatic N) is 2. The SMILES string of the molecule is COCCN(C)c1c(C)nc([C@@H]2O[C@@](C)(C(F)(F)F)[C@@H](C)[C@H]2c2ccc(F)c(F)c2OC)[nH]c1=O. The van der Waals surface area contributed by atoms with Crippen LogP contribution in [0.25, 0.3) is 0 Å². The number of halogens is 5. The lowest BCUT2D eigenvalue weighted by Crippen LogP contribution is -2.46.